The molecule has 1 heterocycles. The van der Waals surface area contributed by atoms with E-state index in [0.717, 1.165) is 18.4 Å². The van der Waals surface area contributed by atoms with Crippen molar-refractivity contribution in [3.8, 4) is 0 Å². The number of sulfonamides is 1. The lowest BCUT2D eigenvalue weighted by atomic mass is 10.2. The Morgan fingerprint density at radius 1 is 1.00 bits per heavy atom. The molecule has 1 aliphatic rings. The number of benzene rings is 1. The number of carbonyl (C=O) groups excluding carboxylic acids is 1. The van der Waals surface area contributed by atoms with Gasteiger partial charge in [-0.05, 0) is 31.9 Å². The van der Waals surface area contributed by atoms with Crippen LogP contribution in [-0.2, 0) is 24.7 Å². The molecule has 1 fully saturated rings. The highest BCUT2D eigenvalue weighted by atomic mass is 32.2. The van der Waals surface area contributed by atoms with Gasteiger partial charge in [0.05, 0.1) is 10.6 Å². The lowest BCUT2D eigenvalue weighted by Crippen LogP contribution is -2.51. The minimum absolute atomic E-state index is 0.0215. The number of rotatable bonds is 8. The molecule has 0 aliphatic carbocycles. The van der Waals surface area contributed by atoms with Crippen LogP contribution in [0.25, 0.3) is 0 Å². The largest absolute Gasteiger partial charge is 0.339 e. The number of unbranched alkanes of at least 4 members (excludes halogenated alkanes) is 2. The Labute approximate surface area is 168 Å². The number of carbonyl (C=O) groups is 1. The number of nitrogens with zero attached hydrogens (tertiary/aromatic N) is 2. The van der Waals surface area contributed by atoms with E-state index in [0.29, 0.717) is 12.0 Å². The Kier molecular flexibility index (Phi) is 7.64. The van der Waals surface area contributed by atoms with Crippen LogP contribution in [-0.4, -0.2) is 69.6 Å². The molecule has 1 saturated heterocycles. The van der Waals surface area contributed by atoms with Crippen LogP contribution in [0, 0.1) is 13.8 Å². The van der Waals surface area contributed by atoms with Gasteiger partial charge in [-0.15, -0.1) is 0 Å². The zero-order valence-electron chi connectivity index (χ0n) is 16.8. The Bertz CT molecular complexity index is 902. The van der Waals surface area contributed by atoms with Crippen molar-refractivity contribution in [1.82, 2.24) is 9.21 Å². The van der Waals surface area contributed by atoms with E-state index in [1.807, 2.05) is 19.9 Å². The minimum atomic E-state index is -3.63. The summed E-state index contributed by atoms with van der Waals surface area (Å²) in [6.07, 6.45) is 2.30. The molecule has 0 atom stereocenters. The molecule has 1 aromatic carbocycles. The second-order valence-corrected chi connectivity index (χ2v) is 11.4. The zero-order chi connectivity index (χ0) is 20.9. The van der Waals surface area contributed by atoms with Crippen molar-refractivity contribution < 1.29 is 21.6 Å². The third kappa shape index (κ3) is 5.78. The van der Waals surface area contributed by atoms with Gasteiger partial charge in [0.25, 0.3) is 0 Å². The molecule has 9 heteroatoms. The average Bonchev–Trinajstić information content (AvgIpc) is 2.61. The van der Waals surface area contributed by atoms with Gasteiger partial charge in [0.2, 0.25) is 15.9 Å². The topological polar surface area (TPSA) is 91.8 Å². The highest BCUT2D eigenvalue weighted by Gasteiger charge is 2.32. The molecule has 1 aliphatic heterocycles. The third-order valence-corrected chi connectivity index (χ3v) is 8.60. The van der Waals surface area contributed by atoms with Crippen molar-refractivity contribution >= 4 is 25.8 Å². The van der Waals surface area contributed by atoms with E-state index in [4.69, 9.17) is 0 Å². The van der Waals surface area contributed by atoms with E-state index < -0.39 is 31.5 Å². The van der Waals surface area contributed by atoms with Gasteiger partial charge >= 0.3 is 0 Å². The first-order valence-corrected chi connectivity index (χ1v) is 12.9. The average molecular weight is 431 g/mol. The monoisotopic (exact) mass is 430 g/mol. The summed E-state index contributed by atoms with van der Waals surface area (Å²) in [5, 5.41) is 0. The predicted molar refractivity (Wildman–Crippen MR) is 109 cm³/mol. The quantitative estimate of drug-likeness (QED) is 0.586. The van der Waals surface area contributed by atoms with E-state index in [1.54, 1.807) is 19.1 Å². The molecule has 0 bridgehead atoms. The predicted octanol–water partition coefficient (Wildman–Crippen LogP) is 1.74. The SMILES string of the molecule is CCCCCS(=O)(=O)CC(=O)N1CCN(S(=O)(=O)c2ccc(C)cc2C)CC1. The Hall–Kier alpha value is -1.45. The normalized spacial score (nSPS) is 16.3. The van der Waals surface area contributed by atoms with Crippen LogP contribution in [0.5, 0.6) is 0 Å². The van der Waals surface area contributed by atoms with E-state index in [9.17, 15) is 21.6 Å². The van der Waals surface area contributed by atoms with Crippen LogP contribution < -0.4 is 0 Å². The van der Waals surface area contributed by atoms with Crippen molar-refractivity contribution in [3.05, 3.63) is 29.3 Å². The summed E-state index contributed by atoms with van der Waals surface area (Å²) < 4.78 is 51.3. The van der Waals surface area contributed by atoms with E-state index >= 15 is 0 Å². The van der Waals surface area contributed by atoms with Crippen LogP contribution in [0.2, 0.25) is 0 Å². The van der Waals surface area contributed by atoms with Gasteiger partial charge in [-0.1, -0.05) is 37.5 Å². The summed E-state index contributed by atoms with van der Waals surface area (Å²) in [5.74, 6) is -0.922. The van der Waals surface area contributed by atoms with Crippen molar-refractivity contribution in [3.63, 3.8) is 0 Å². The fourth-order valence-electron chi connectivity index (χ4n) is 3.33. The summed E-state index contributed by atoms with van der Waals surface area (Å²) in [5.41, 5.74) is 1.68. The fourth-order valence-corrected chi connectivity index (χ4v) is 6.30. The van der Waals surface area contributed by atoms with E-state index in [-0.39, 0.29) is 36.8 Å². The lowest BCUT2D eigenvalue weighted by Gasteiger charge is -2.34. The molecule has 0 aromatic heterocycles. The number of sulfone groups is 1. The highest BCUT2D eigenvalue weighted by Crippen LogP contribution is 2.22. The third-order valence-electron chi connectivity index (χ3n) is 4.94. The molecule has 0 unspecified atom stereocenters. The van der Waals surface area contributed by atoms with Crippen LogP contribution >= 0.6 is 0 Å². The summed E-state index contributed by atoms with van der Waals surface area (Å²) in [4.78, 5) is 14.1. The van der Waals surface area contributed by atoms with Gasteiger partial charge in [-0.3, -0.25) is 4.79 Å². The minimum Gasteiger partial charge on any atom is -0.339 e. The van der Waals surface area contributed by atoms with Gasteiger partial charge in [-0.25, -0.2) is 16.8 Å². The molecule has 0 radical (unpaired) electrons. The Morgan fingerprint density at radius 3 is 2.21 bits per heavy atom. The smallest absolute Gasteiger partial charge is 0.243 e. The molecule has 0 spiro atoms. The van der Waals surface area contributed by atoms with Crippen molar-refractivity contribution in [1.29, 1.82) is 0 Å². The summed E-state index contributed by atoms with van der Waals surface area (Å²) in [6, 6.07) is 5.21. The van der Waals surface area contributed by atoms with Crippen molar-refractivity contribution in [2.24, 2.45) is 0 Å². The summed E-state index contributed by atoms with van der Waals surface area (Å²) in [7, 11) is -7.05. The van der Waals surface area contributed by atoms with Gasteiger partial charge < -0.3 is 4.90 Å². The van der Waals surface area contributed by atoms with Gasteiger partial charge in [0.15, 0.2) is 9.84 Å². The number of aryl methyl sites for hydroxylation is 2. The number of piperazine rings is 1. The molecule has 7 nitrogen and oxygen atoms in total. The Morgan fingerprint density at radius 2 is 1.64 bits per heavy atom. The summed E-state index contributed by atoms with van der Waals surface area (Å²) >= 11 is 0. The first-order valence-electron chi connectivity index (χ1n) is 9.62. The molecular weight excluding hydrogens is 400 g/mol. The van der Waals surface area contributed by atoms with Gasteiger partial charge in [0.1, 0.15) is 5.75 Å². The number of amides is 1. The molecule has 0 N–H and O–H groups in total. The first kappa shape index (κ1) is 22.8. The van der Waals surface area contributed by atoms with Crippen LogP contribution in [0.15, 0.2) is 23.1 Å². The maximum atomic E-state index is 12.9. The second-order valence-electron chi connectivity index (χ2n) is 7.35. The van der Waals surface area contributed by atoms with Crippen molar-refractivity contribution in [2.75, 3.05) is 37.7 Å². The maximum absolute atomic E-state index is 12.9. The molecular formula is C19H30N2O5S2. The molecule has 158 valence electrons. The number of hydrogen-bond donors (Lipinski definition) is 0. The van der Waals surface area contributed by atoms with E-state index in [1.165, 1.54) is 9.21 Å². The van der Waals surface area contributed by atoms with Crippen molar-refractivity contribution in [2.45, 2.75) is 44.9 Å². The molecule has 1 amide bonds. The van der Waals surface area contributed by atoms with E-state index in [2.05, 4.69) is 0 Å². The number of hydrogen-bond acceptors (Lipinski definition) is 5. The van der Waals surface area contributed by atoms with Gasteiger partial charge in [0, 0.05) is 26.2 Å². The van der Waals surface area contributed by atoms with Crippen LogP contribution in [0.1, 0.15) is 37.3 Å². The molecule has 28 heavy (non-hydrogen) atoms. The molecule has 0 saturated carbocycles. The first-order chi connectivity index (χ1) is 13.1. The maximum Gasteiger partial charge on any atom is 0.243 e. The van der Waals surface area contributed by atoms with Gasteiger partial charge in [-0.2, -0.15) is 4.31 Å². The second kappa shape index (κ2) is 9.37. The van der Waals surface area contributed by atoms with Crippen LogP contribution in [0.3, 0.4) is 0 Å². The molecule has 2 rings (SSSR count). The molecule has 1 aromatic rings. The standard InChI is InChI=1S/C19H30N2O5S2/c1-4-5-6-13-27(23,24)15-19(22)20-9-11-21(12-10-20)28(25,26)18-8-7-16(2)14-17(18)3/h7-8,14H,4-6,9-13,15H2,1-3H3. The highest BCUT2D eigenvalue weighted by molar-refractivity contribution is 7.92. The Balaban J connectivity index is 1.97. The zero-order valence-corrected chi connectivity index (χ0v) is 18.5. The fraction of sp³-hybridized carbons (Fsp3) is 0.632. The summed E-state index contributed by atoms with van der Waals surface area (Å²) in [6.45, 7) is 6.39. The van der Waals surface area contributed by atoms with Crippen LogP contribution in [0.4, 0.5) is 0 Å². The lowest BCUT2D eigenvalue weighted by molar-refractivity contribution is -0.129.